The van der Waals surface area contributed by atoms with Crippen molar-refractivity contribution in [3.8, 4) is 28.4 Å². The fraction of sp³-hybridized carbons (Fsp3) is 0.395. The highest BCUT2D eigenvalue weighted by Gasteiger charge is 2.41. The van der Waals surface area contributed by atoms with Gasteiger partial charge in [0, 0.05) is 42.7 Å². The second-order valence-electron chi connectivity index (χ2n) is 14.9. The van der Waals surface area contributed by atoms with Crippen molar-refractivity contribution in [2.24, 2.45) is 11.1 Å². The highest BCUT2D eigenvalue weighted by atomic mass is 35.5. The molecule has 1 fully saturated rings. The molecular formula is C43H51ClN4O10. The number of likely N-dealkylation sites (tertiary alicyclic amines) is 1. The first kappa shape index (κ1) is 43.9. The van der Waals surface area contributed by atoms with Gasteiger partial charge >= 0.3 is 11.9 Å². The van der Waals surface area contributed by atoms with E-state index < -0.39 is 35.4 Å². The maximum atomic E-state index is 11.8. The van der Waals surface area contributed by atoms with Gasteiger partial charge < -0.3 is 45.3 Å². The molecule has 3 aromatic carbocycles. The van der Waals surface area contributed by atoms with Crippen LogP contribution in [-0.4, -0.2) is 93.1 Å². The Hall–Kier alpha value is -5.25. The lowest BCUT2D eigenvalue weighted by atomic mass is 9.79. The molecule has 0 spiro atoms. The average molecular weight is 819 g/mol. The van der Waals surface area contributed by atoms with Gasteiger partial charge in [-0.1, -0.05) is 41.9 Å². The Morgan fingerprint density at radius 2 is 1.59 bits per heavy atom. The zero-order valence-corrected chi connectivity index (χ0v) is 33.7. The third kappa shape index (κ3) is 10.4. The number of primary amides is 1. The minimum absolute atomic E-state index is 0.000707. The summed E-state index contributed by atoms with van der Waals surface area (Å²) in [6.07, 6.45) is 4.51. The number of halogens is 1. The molecule has 58 heavy (non-hydrogen) atoms. The quantitative estimate of drug-likeness (QED) is 0.0640. The molecule has 1 atom stereocenters. The Balaban J connectivity index is 1.28. The van der Waals surface area contributed by atoms with Crippen LogP contribution >= 0.6 is 11.6 Å². The third-order valence-electron chi connectivity index (χ3n) is 10.9. The van der Waals surface area contributed by atoms with Crippen molar-refractivity contribution < 1.29 is 49.0 Å². The number of hydrogen-bond acceptors (Lipinski definition) is 11. The zero-order valence-electron chi connectivity index (χ0n) is 32.9. The largest absolute Gasteiger partial charge is 0.493 e. The molecule has 5 rings (SSSR count). The van der Waals surface area contributed by atoms with Gasteiger partial charge in [-0.3, -0.25) is 24.7 Å². The number of carboxylic acid groups (broad SMARTS) is 2. The number of amides is 1. The van der Waals surface area contributed by atoms with E-state index >= 15 is 0 Å². The van der Waals surface area contributed by atoms with E-state index in [0.717, 1.165) is 46.5 Å². The molecule has 1 aromatic heterocycles. The van der Waals surface area contributed by atoms with Crippen molar-refractivity contribution in [1.82, 2.24) is 15.2 Å². The summed E-state index contributed by atoms with van der Waals surface area (Å²) in [5, 5.41) is 41.8. The molecule has 0 unspecified atom stereocenters. The number of aliphatic hydroxyl groups excluding tert-OH is 2. The Kier molecular flexibility index (Phi) is 14.7. The monoisotopic (exact) mass is 818 g/mol. The van der Waals surface area contributed by atoms with E-state index in [4.69, 9.17) is 31.5 Å². The predicted octanol–water partition coefficient (Wildman–Crippen LogP) is 5.13. The average Bonchev–Trinajstić information content (AvgIpc) is 3.21. The molecule has 4 aromatic rings. The van der Waals surface area contributed by atoms with Crippen LogP contribution in [0.3, 0.4) is 0 Å². The number of benzene rings is 3. The second-order valence-corrected chi connectivity index (χ2v) is 15.3. The molecule has 0 aliphatic carbocycles. The molecule has 14 nitrogen and oxygen atoms in total. The standard InChI is InChI=1S/C43H51ClN4O10/c1-27-30(7-4-8-33(27)34-9-5-10-36(28(34)2)56-16-6-13-48-14-11-43(26-50,12-15-48)41(54)55)24-58-38-19-37(57-23-29-17-32(39(45)51)21-46-20-29)31(18-35(38)44)22-47-42(3,25-49)40(52)53/h4-5,7-10,17-21,47,49-50H,6,11-16,22-26H2,1-3H3,(H2,45,51)(H,52,53)(H,54,55)/t42-/m1/s1. The summed E-state index contributed by atoms with van der Waals surface area (Å²) in [5.74, 6) is -1.37. The first-order valence-corrected chi connectivity index (χ1v) is 19.4. The van der Waals surface area contributed by atoms with Gasteiger partial charge in [-0.25, -0.2) is 0 Å². The number of piperidine rings is 1. The highest BCUT2D eigenvalue weighted by Crippen LogP contribution is 2.37. The fourth-order valence-electron chi connectivity index (χ4n) is 6.78. The molecule has 7 N–H and O–H groups in total. The fourth-order valence-corrected chi connectivity index (χ4v) is 7.02. The van der Waals surface area contributed by atoms with Gasteiger partial charge in [0.05, 0.1) is 35.8 Å². The van der Waals surface area contributed by atoms with E-state index in [1.54, 1.807) is 18.2 Å². The van der Waals surface area contributed by atoms with E-state index in [9.17, 15) is 34.8 Å². The van der Waals surface area contributed by atoms with Crippen LogP contribution in [0.25, 0.3) is 11.1 Å². The summed E-state index contributed by atoms with van der Waals surface area (Å²) in [7, 11) is 0. The van der Waals surface area contributed by atoms with Crippen LogP contribution in [0.5, 0.6) is 17.2 Å². The van der Waals surface area contributed by atoms with Gasteiger partial charge in [-0.05, 0) is 99.1 Å². The Labute approximate surface area is 342 Å². The summed E-state index contributed by atoms with van der Waals surface area (Å²) >= 11 is 6.73. The van der Waals surface area contributed by atoms with Crippen molar-refractivity contribution in [1.29, 1.82) is 0 Å². The number of rotatable bonds is 20. The minimum atomic E-state index is -1.62. The topological polar surface area (TPSA) is 214 Å². The van der Waals surface area contributed by atoms with Crippen molar-refractivity contribution in [3.05, 3.63) is 105 Å². The number of pyridine rings is 1. The van der Waals surface area contributed by atoms with E-state index in [1.165, 1.54) is 19.3 Å². The first-order chi connectivity index (χ1) is 27.7. The predicted molar refractivity (Wildman–Crippen MR) is 217 cm³/mol. The van der Waals surface area contributed by atoms with E-state index in [2.05, 4.69) is 15.2 Å². The number of nitrogens with zero attached hydrogens (tertiary/aromatic N) is 2. The second kappa shape index (κ2) is 19.5. The van der Waals surface area contributed by atoms with Gasteiger partial charge in [0.1, 0.15) is 36.0 Å². The van der Waals surface area contributed by atoms with Crippen LogP contribution in [0.15, 0.2) is 67.0 Å². The van der Waals surface area contributed by atoms with Crippen LogP contribution in [0.2, 0.25) is 5.02 Å². The normalized spacial score (nSPS) is 15.0. The zero-order chi connectivity index (χ0) is 42.0. The summed E-state index contributed by atoms with van der Waals surface area (Å²) in [6, 6.07) is 16.7. The number of carbonyl (C=O) groups excluding carboxylic acids is 1. The lowest BCUT2D eigenvalue weighted by molar-refractivity contribution is -0.155. The van der Waals surface area contributed by atoms with Crippen LogP contribution in [-0.2, 0) is 29.3 Å². The molecule has 310 valence electrons. The number of nitrogens with two attached hydrogens (primary N) is 1. The van der Waals surface area contributed by atoms with Crippen LogP contribution in [0, 0.1) is 19.3 Å². The van der Waals surface area contributed by atoms with E-state index in [1.807, 2.05) is 50.2 Å². The third-order valence-corrected chi connectivity index (χ3v) is 11.2. The summed E-state index contributed by atoms with van der Waals surface area (Å²) in [4.78, 5) is 41.5. The number of aromatic nitrogens is 1. The Bertz CT molecular complexity index is 2110. The lowest BCUT2D eigenvalue weighted by Crippen LogP contribution is -2.52. The van der Waals surface area contributed by atoms with E-state index in [0.29, 0.717) is 55.2 Å². The summed E-state index contributed by atoms with van der Waals surface area (Å²) in [5.41, 5.74) is 8.98. The number of aliphatic hydroxyl groups is 2. The molecule has 1 amide bonds. The molecule has 2 heterocycles. The Morgan fingerprint density at radius 1 is 0.897 bits per heavy atom. The van der Waals surface area contributed by atoms with Gasteiger partial charge in [0.25, 0.3) is 0 Å². The molecular weight excluding hydrogens is 768 g/mol. The van der Waals surface area contributed by atoms with Gasteiger partial charge in [0.2, 0.25) is 5.91 Å². The lowest BCUT2D eigenvalue weighted by Gasteiger charge is -2.37. The van der Waals surface area contributed by atoms with Crippen LogP contribution < -0.4 is 25.3 Å². The number of carboxylic acids is 2. The summed E-state index contributed by atoms with van der Waals surface area (Å²) in [6.45, 7) is 7.08. The van der Waals surface area contributed by atoms with Gasteiger partial charge in [-0.15, -0.1) is 0 Å². The van der Waals surface area contributed by atoms with Gasteiger partial charge in [-0.2, -0.15) is 0 Å². The maximum Gasteiger partial charge on any atom is 0.326 e. The minimum Gasteiger partial charge on any atom is -0.493 e. The molecule has 0 radical (unpaired) electrons. The number of hydrogen-bond donors (Lipinski definition) is 6. The van der Waals surface area contributed by atoms with Crippen molar-refractivity contribution >= 4 is 29.4 Å². The van der Waals surface area contributed by atoms with Crippen molar-refractivity contribution in [2.45, 2.75) is 65.3 Å². The van der Waals surface area contributed by atoms with Crippen molar-refractivity contribution in [2.75, 3.05) is 39.5 Å². The van der Waals surface area contributed by atoms with Crippen LogP contribution in [0.4, 0.5) is 0 Å². The molecule has 0 bridgehead atoms. The first-order valence-electron chi connectivity index (χ1n) is 19.0. The molecule has 1 aliphatic heterocycles. The number of aliphatic carboxylic acids is 2. The molecule has 0 saturated carbocycles. The Morgan fingerprint density at radius 3 is 2.24 bits per heavy atom. The molecule has 1 aliphatic rings. The number of nitrogens with one attached hydrogen (secondary N) is 1. The summed E-state index contributed by atoms with van der Waals surface area (Å²) < 4.78 is 18.7. The number of carbonyl (C=O) groups is 3. The van der Waals surface area contributed by atoms with Gasteiger partial charge in [0.15, 0.2) is 0 Å². The SMILES string of the molecule is Cc1c(COc2cc(OCc3cncc(C(N)=O)c3)c(CN[C@](C)(CO)C(=O)O)cc2Cl)cccc1-c1cccc(OCCCN2CCC(CO)(C(=O)O)CC2)c1C. The molecule has 1 saturated heterocycles. The van der Waals surface area contributed by atoms with Crippen LogP contribution in [0.1, 0.15) is 64.4 Å². The smallest absolute Gasteiger partial charge is 0.326 e. The molecule has 15 heteroatoms. The van der Waals surface area contributed by atoms with E-state index in [-0.39, 0.29) is 37.0 Å². The number of ether oxygens (including phenoxy) is 3. The maximum absolute atomic E-state index is 11.8. The highest BCUT2D eigenvalue weighted by molar-refractivity contribution is 6.32. The van der Waals surface area contributed by atoms with Crippen molar-refractivity contribution in [3.63, 3.8) is 0 Å².